The van der Waals surface area contributed by atoms with Crippen LogP contribution in [0.2, 0.25) is 0 Å². The highest BCUT2D eigenvalue weighted by Gasteiger charge is 2.28. The third kappa shape index (κ3) is 4.22. The Labute approximate surface area is 115 Å². The van der Waals surface area contributed by atoms with Crippen LogP contribution in [-0.4, -0.2) is 23.0 Å². The van der Waals surface area contributed by atoms with E-state index in [4.69, 9.17) is 5.11 Å². The highest BCUT2D eigenvalue weighted by molar-refractivity contribution is 5.76. The molecule has 2 unspecified atom stereocenters. The average molecular weight is 267 g/mol. The number of carbonyl (C=O) groups excluding carboxylic acids is 1. The second-order valence-electron chi connectivity index (χ2n) is 6.44. The largest absolute Gasteiger partial charge is 0.481 e. The van der Waals surface area contributed by atoms with Crippen molar-refractivity contribution >= 4 is 11.9 Å². The van der Waals surface area contributed by atoms with E-state index >= 15 is 0 Å². The van der Waals surface area contributed by atoms with Crippen molar-refractivity contribution < 1.29 is 14.7 Å². The maximum Gasteiger partial charge on any atom is 0.306 e. The van der Waals surface area contributed by atoms with Crippen LogP contribution in [0.15, 0.2) is 0 Å². The predicted octanol–water partition coefficient (Wildman–Crippen LogP) is 2.57. The Bertz CT molecular complexity index is 334. The topological polar surface area (TPSA) is 66.4 Å². The molecule has 1 amide bonds. The molecule has 19 heavy (non-hydrogen) atoms. The molecule has 0 aromatic heterocycles. The highest BCUT2D eigenvalue weighted by Crippen LogP contribution is 2.32. The molecule has 2 fully saturated rings. The van der Waals surface area contributed by atoms with Gasteiger partial charge in [-0.3, -0.25) is 9.59 Å². The van der Waals surface area contributed by atoms with E-state index in [9.17, 15) is 9.59 Å². The lowest BCUT2D eigenvalue weighted by Crippen LogP contribution is -2.39. The quantitative estimate of drug-likeness (QED) is 0.822. The molecule has 2 N–H and O–H groups in total. The third-order valence-corrected chi connectivity index (χ3v) is 4.72. The van der Waals surface area contributed by atoms with Gasteiger partial charge in [-0.05, 0) is 50.4 Å². The molecule has 2 saturated carbocycles. The summed E-state index contributed by atoms with van der Waals surface area (Å²) in [6, 6.07) is 0.196. The van der Waals surface area contributed by atoms with E-state index in [2.05, 4.69) is 12.2 Å². The predicted molar refractivity (Wildman–Crippen MR) is 72.6 cm³/mol. The Hall–Kier alpha value is -1.06. The van der Waals surface area contributed by atoms with Gasteiger partial charge in [-0.15, -0.1) is 0 Å². The van der Waals surface area contributed by atoms with E-state index in [-0.39, 0.29) is 17.9 Å². The molecule has 2 aliphatic rings. The van der Waals surface area contributed by atoms with Gasteiger partial charge in [0.2, 0.25) is 5.91 Å². The normalized spacial score (nSPS) is 35.0. The molecule has 0 aromatic rings. The van der Waals surface area contributed by atoms with Crippen LogP contribution >= 0.6 is 0 Å². The SMILES string of the molecule is CC1CCC(CC(=O)NC2CCC(C(=O)O)CC2)C1. The van der Waals surface area contributed by atoms with Crippen molar-refractivity contribution in [3.63, 3.8) is 0 Å². The van der Waals surface area contributed by atoms with Gasteiger partial charge in [-0.25, -0.2) is 0 Å². The fraction of sp³-hybridized carbons (Fsp3) is 0.867. The zero-order chi connectivity index (χ0) is 13.8. The van der Waals surface area contributed by atoms with E-state index in [0.717, 1.165) is 18.8 Å². The molecule has 108 valence electrons. The summed E-state index contributed by atoms with van der Waals surface area (Å²) in [6.45, 7) is 2.26. The fourth-order valence-electron chi connectivity index (χ4n) is 3.54. The van der Waals surface area contributed by atoms with Gasteiger partial charge in [0.1, 0.15) is 0 Å². The minimum absolute atomic E-state index is 0.165. The van der Waals surface area contributed by atoms with Crippen molar-refractivity contribution in [2.24, 2.45) is 17.8 Å². The summed E-state index contributed by atoms with van der Waals surface area (Å²) >= 11 is 0. The third-order valence-electron chi connectivity index (χ3n) is 4.72. The Morgan fingerprint density at radius 1 is 1.11 bits per heavy atom. The molecule has 2 rings (SSSR count). The number of hydrogen-bond donors (Lipinski definition) is 2. The number of carboxylic acids is 1. The molecule has 0 bridgehead atoms. The number of aliphatic carboxylic acids is 1. The van der Waals surface area contributed by atoms with E-state index in [1.165, 1.54) is 19.3 Å². The standard InChI is InChI=1S/C15H25NO3/c1-10-2-3-11(8-10)9-14(17)16-13-6-4-12(5-7-13)15(18)19/h10-13H,2-9H2,1H3,(H,16,17)(H,18,19). The Morgan fingerprint density at radius 2 is 1.79 bits per heavy atom. The van der Waals surface area contributed by atoms with Gasteiger partial charge in [0.15, 0.2) is 0 Å². The number of carbonyl (C=O) groups is 2. The van der Waals surface area contributed by atoms with E-state index < -0.39 is 5.97 Å². The number of amides is 1. The summed E-state index contributed by atoms with van der Waals surface area (Å²) in [5, 5.41) is 12.0. The molecular weight excluding hydrogens is 242 g/mol. The van der Waals surface area contributed by atoms with Crippen molar-refractivity contribution in [3.05, 3.63) is 0 Å². The van der Waals surface area contributed by atoms with Crippen LogP contribution in [0, 0.1) is 17.8 Å². The van der Waals surface area contributed by atoms with Crippen LogP contribution in [0.25, 0.3) is 0 Å². The molecule has 4 heteroatoms. The van der Waals surface area contributed by atoms with Crippen LogP contribution in [-0.2, 0) is 9.59 Å². The number of carboxylic acid groups (broad SMARTS) is 1. The van der Waals surface area contributed by atoms with Gasteiger partial charge < -0.3 is 10.4 Å². The van der Waals surface area contributed by atoms with Crippen LogP contribution in [0.4, 0.5) is 0 Å². The molecule has 0 aliphatic heterocycles. The summed E-state index contributed by atoms with van der Waals surface area (Å²) < 4.78 is 0. The lowest BCUT2D eigenvalue weighted by Gasteiger charge is -2.27. The first-order valence-corrected chi connectivity index (χ1v) is 7.56. The van der Waals surface area contributed by atoms with Crippen LogP contribution in [0.1, 0.15) is 58.3 Å². The first-order valence-electron chi connectivity index (χ1n) is 7.56. The van der Waals surface area contributed by atoms with Gasteiger partial charge in [0.05, 0.1) is 5.92 Å². The van der Waals surface area contributed by atoms with Gasteiger partial charge >= 0.3 is 5.97 Å². The molecule has 0 heterocycles. The maximum atomic E-state index is 12.0. The lowest BCUT2D eigenvalue weighted by atomic mass is 9.86. The van der Waals surface area contributed by atoms with Crippen LogP contribution in [0.3, 0.4) is 0 Å². The van der Waals surface area contributed by atoms with E-state index in [1.807, 2.05) is 0 Å². The van der Waals surface area contributed by atoms with Crippen molar-refractivity contribution in [1.82, 2.24) is 5.32 Å². The summed E-state index contributed by atoms with van der Waals surface area (Å²) in [7, 11) is 0. The average Bonchev–Trinajstić information content (AvgIpc) is 2.75. The van der Waals surface area contributed by atoms with Crippen molar-refractivity contribution in [1.29, 1.82) is 0 Å². The molecular formula is C15H25NO3. The van der Waals surface area contributed by atoms with Crippen molar-refractivity contribution in [3.8, 4) is 0 Å². The van der Waals surface area contributed by atoms with E-state index in [1.54, 1.807) is 0 Å². The zero-order valence-corrected chi connectivity index (χ0v) is 11.7. The first kappa shape index (κ1) is 14.4. The smallest absolute Gasteiger partial charge is 0.306 e. The summed E-state index contributed by atoms with van der Waals surface area (Å²) in [4.78, 5) is 22.8. The second kappa shape index (κ2) is 6.40. The Balaban J connectivity index is 1.67. The van der Waals surface area contributed by atoms with Crippen LogP contribution in [0.5, 0.6) is 0 Å². The minimum atomic E-state index is -0.690. The monoisotopic (exact) mass is 267 g/mol. The number of hydrogen-bond acceptors (Lipinski definition) is 2. The van der Waals surface area contributed by atoms with Gasteiger partial charge in [-0.1, -0.05) is 13.3 Å². The molecule has 0 radical (unpaired) electrons. The van der Waals surface area contributed by atoms with E-state index in [0.29, 0.717) is 25.2 Å². The molecule has 0 aromatic carbocycles. The summed E-state index contributed by atoms with van der Waals surface area (Å²) in [6.07, 6.45) is 7.28. The Morgan fingerprint density at radius 3 is 2.32 bits per heavy atom. The number of nitrogens with one attached hydrogen (secondary N) is 1. The summed E-state index contributed by atoms with van der Waals surface area (Å²) in [5.74, 6) is 0.598. The second-order valence-corrected chi connectivity index (χ2v) is 6.44. The summed E-state index contributed by atoms with van der Waals surface area (Å²) in [5.41, 5.74) is 0. The van der Waals surface area contributed by atoms with Crippen LogP contribution < -0.4 is 5.32 Å². The first-order chi connectivity index (χ1) is 9.04. The highest BCUT2D eigenvalue weighted by atomic mass is 16.4. The maximum absolute atomic E-state index is 12.0. The minimum Gasteiger partial charge on any atom is -0.481 e. The fourth-order valence-corrected chi connectivity index (χ4v) is 3.54. The van der Waals surface area contributed by atoms with Gasteiger partial charge in [-0.2, -0.15) is 0 Å². The van der Waals surface area contributed by atoms with Crippen molar-refractivity contribution in [2.75, 3.05) is 0 Å². The molecule has 0 spiro atoms. The van der Waals surface area contributed by atoms with Gasteiger partial charge in [0.25, 0.3) is 0 Å². The zero-order valence-electron chi connectivity index (χ0n) is 11.7. The molecule has 0 saturated heterocycles. The lowest BCUT2D eigenvalue weighted by molar-refractivity contribution is -0.142. The molecule has 2 atom stereocenters. The Kier molecular flexibility index (Phi) is 4.83. The van der Waals surface area contributed by atoms with Gasteiger partial charge in [0, 0.05) is 12.5 Å². The molecule has 4 nitrogen and oxygen atoms in total. The molecule has 2 aliphatic carbocycles. The number of rotatable bonds is 4. The van der Waals surface area contributed by atoms with Crippen molar-refractivity contribution in [2.45, 2.75) is 64.3 Å².